The van der Waals surface area contributed by atoms with E-state index < -0.39 is 0 Å². The summed E-state index contributed by atoms with van der Waals surface area (Å²) in [6.45, 7) is 2.78. The van der Waals surface area contributed by atoms with Crippen LogP contribution in [0.2, 0.25) is 5.02 Å². The monoisotopic (exact) mass is 471 g/mol. The fourth-order valence-electron chi connectivity index (χ4n) is 4.87. The van der Waals surface area contributed by atoms with E-state index in [9.17, 15) is 9.59 Å². The van der Waals surface area contributed by atoms with Gasteiger partial charge in [-0.25, -0.2) is 0 Å². The number of piperidine rings is 1. The Labute approximate surface area is 200 Å². The van der Waals surface area contributed by atoms with Crippen LogP contribution in [0, 0.1) is 5.92 Å². The minimum absolute atomic E-state index is 0.0313. The van der Waals surface area contributed by atoms with Crippen LogP contribution in [-0.4, -0.2) is 48.2 Å². The molecule has 7 heteroatoms. The zero-order chi connectivity index (χ0) is 23.4. The van der Waals surface area contributed by atoms with E-state index in [4.69, 9.17) is 16.3 Å². The molecule has 0 spiro atoms. The van der Waals surface area contributed by atoms with Crippen molar-refractivity contribution in [3.05, 3.63) is 68.6 Å². The number of hydrogen-bond acceptors (Lipinski definition) is 4. The molecule has 2 aliphatic rings. The summed E-state index contributed by atoms with van der Waals surface area (Å²) in [5.41, 5.74) is 3.19. The molecule has 2 aromatic rings. The lowest BCUT2D eigenvalue weighted by atomic mass is 9.80. The molecule has 2 fully saturated rings. The number of nitrogens with zero attached hydrogens (tertiary/aromatic N) is 2. The Balaban J connectivity index is 1.54. The lowest BCUT2D eigenvalue weighted by molar-refractivity contribution is -0.138. The van der Waals surface area contributed by atoms with Gasteiger partial charge in [-0.1, -0.05) is 17.7 Å². The highest BCUT2D eigenvalue weighted by molar-refractivity contribution is 6.30. The van der Waals surface area contributed by atoms with Gasteiger partial charge >= 0.3 is 0 Å². The Hall–Kier alpha value is -2.15. The second-order valence-electron chi connectivity index (χ2n) is 9.38. The van der Waals surface area contributed by atoms with E-state index in [1.165, 1.54) is 5.56 Å². The highest BCUT2D eigenvalue weighted by Crippen LogP contribution is 2.36. The van der Waals surface area contributed by atoms with Crippen molar-refractivity contribution in [3.63, 3.8) is 0 Å². The highest BCUT2D eigenvalue weighted by Gasteiger charge is 2.40. The number of aryl methyl sites for hydroxylation is 2. The van der Waals surface area contributed by atoms with Crippen LogP contribution in [0.15, 0.2) is 41.3 Å². The Morgan fingerprint density at radius 1 is 1.21 bits per heavy atom. The maximum Gasteiger partial charge on any atom is 0.250 e. The lowest BCUT2D eigenvalue weighted by Crippen LogP contribution is -2.47. The molecule has 0 radical (unpaired) electrons. The molecular weight excluding hydrogens is 438 g/mol. The number of aromatic nitrogens is 1. The van der Waals surface area contributed by atoms with E-state index in [1.54, 1.807) is 31.0 Å². The standard InChI is InChI=1S/C26H34ClN3O3/c1-29-10-8-20(15-25(29)31)23-7-9-28-16-24(23)26(32)30(22-5-6-22)17-19-12-18(4-3-11-33-2)13-21(27)14-19/h8,10,12-15,22-24,28H,3-7,9,11,16-17H2,1-2H3/t23-,24+/m0/s1. The maximum atomic E-state index is 13.9. The first-order valence-electron chi connectivity index (χ1n) is 11.9. The lowest BCUT2D eigenvalue weighted by Gasteiger charge is -2.35. The quantitative estimate of drug-likeness (QED) is 0.568. The van der Waals surface area contributed by atoms with Crippen LogP contribution in [-0.2, 0) is 29.5 Å². The number of hydrogen-bond donors (Lipinski definition) is 1. The van der Waals surface area contributed by atoms with Crippen LogP contribution >= 0.6 is 11.6 Å². The predicted molar refractivity (Wildman–Crippen MR) is 131 cm³/mol. The van der Waals surface area contributed by atoms with Crippen LogP contribution in [0.5, 0.6) is 0 Å². The molecule has 178 valence electrons. The minimum atomic E-state index is -0.174. The molecule has 33 heavy (non-hydrogen) atoms. The Kier molecular flexibility index (Phi) is 7.89. The van der Waals surface area contributed by atoms with E-state index in [1.807, 2.05) is 18.2 Å². The molecule has 1 amide bonds. The van der Waals surface area contributed by atoms with Crippen molar-refractivity contribution in [2.45, 2.75) is 50.6 Å². The summed E-state index contributed by atoms with van der Waals surface area (Å²) in [5, 5.41) is 4.11. The zero-order valence-corrected chi connectivity index (χ0v) is 20.3. The molecule has 0 bridgehead atoms. The van der Waals surface area contributed by atoms with Gasteiger partial charge in [0.05, 0.1) is 5.92 Å². The number of carbonyl (C=O) groups is 1. The van der Waals surface area contributed by atoms with E-state index in [0.717, 1.165) is 49.8 Å². The largest absolute Gasteiger partial charge is 0.385 e. The summed E-state index contributed by atoms with van der Waals surface area (Å²) in [7, 11) is 3.46. The first-order chi connectivity index (χ1) is 16.0. The number of benzene rings is 1. The molecule has 1 aliphatic heterocycles. The summed E-state index contributed by atoms with van der Waals surface area (Å²) in [4.78, 5) is 28.1. The number of pyridine rings is 1. The Bertz CT molecular complexity index is 1030. The van der Waals surface area contributed by atoms with Crippen LogP contribution in [0.1, 0.15) is 48.3 Å². The molecule has 1 aromatic heterocycles. The van der Waals surface area contributed by atoms with Crippen LogP contribution in [0.3, 0.4) is 0 Å². The SMILES string of the molecule is COCCCc1cc(Cl)cc(CN(C(=O)[C@@H]2CNCC[C@H]2c2ccn(C)c(=O)c2)C2CC2)c1. The molecule has 1 saturated carbocycles. The predicted octanol–water partition coefficient (Wildman–Crippen LogP) is 3.50. The number of halogens is 1. The van der Waals surface area contributed by atoms with Crippen LogP contribution in [0.4, 0.5) is 0 Å². The normalized spacial score (nSPS) is 20.6. The van der Waals surface area contributed by atoms with Gasteiger partial charge in [0.25, 0.3) is 5.56 Å². The van der Waals surface area contributed by atoms with Crippen molar-refractivity contribution in [2.24, 2.45) is 13.0 Å². The molecule has 1 saturated heterocycles. The summed E-state index contributed by atoms with van der Waals surface area (Å²) in [5.74, 6) is 0.0564. The fraction of sp³-hybridized carbons (Fsp3) is 0.538. The maximum absolute atomic E-state index is 13.9. The van der Waals surface area contributed by atoms with E-state index in [0.29, 0.717) is 30.8 Å². The summed E-state index contributed by atoms with van der Waals surface area (Å²) in [6.07, 6.45) is 6.58. The first-order valence-corrected chi connectivity index (χ1v) is 12.3. The molecular formula is C26H34ClN3O3. The average molecular weight is 472 g/mol. The molecule has 0 unspecified atom stereocenters. The molecule has 1 N–H and O–H groups in total. The van der Waals surface area contributed by atoms with Gasteiger partial charge in [-0.2, -0.15) is 0 Å². The van der Waals surface area contributed by atoms with Crippen molar-refractivity contribution in [2.75, 3.05) is 26.8 Å². The average Bonchev–Trinajstić information content (AvgIpc) is 3.64. The minimum Gasteiger partial charge on any atom is -0.385 e. The molecule has 2 atom stereocenters. The van der Waals surface area contributed by atoms with E-state index in [-0.39, 0.29) is 23.3 Å². The van der Waals surface area contributed by atoms with Crippen molar-refractivity contribution in [1.29, 1.82) is 0 Å². The topological polar surface area (TPSA) is 63.6 Å². The molecule has 2 heterocycles. The van der Waals surface area contributed by atoms with E-state index >= 15 is 0 Å². The third-order valence-electron chi connectivity index (χ3n) is 6.81. The molecule has 4 rings (SSSR count). The van der Waals surface area contributed by atoms with Gasteiger partial charge in [0.2, 0.25) is 5.91 Å². The number of methoxy groups -OCH3 is 1. The van der Waals surface area contributed by atoms with E-state index in [2.05, 4.69) is 16.3 Å². The second-order valence-corrected chi connectivity index (χ2v) is 9.81. The van der Waals surface area contributed by atoms with Gasteiger partial charge in [-0.15, -0.1) is 0 Å². The van der Waals surface area contributed by atoms with Gasteiger partial charge in [0.15, 0.2) is 0 Å². The molecule has 6 nitrogen and oxygen atoms in total. The number of carbonyl (C=O) groups excluding carboxylic acids is 1. The third-order valence-corrected chi connectivity index (χ3v) is 7.03. The van der Waals surface area contributed by atoms with Gasteiger partial charge in [-0.3, -0.25) is 9.59 Å². The Morgan fingerprint density at radius 2 is 2.00 bits per heavy atom. The summed E-state index contributed by atoms with van der Waals surface area (Å²) < 4.78 is 6.75. The summed E-state index contributed by atoms with van der Waals surface area (Å²) in [6, 6.07) is 10.1. The van der Waals surface area contributed by atoms with Crippen molar-refractivity contribution in [3.8, 4) is 0 Å². The van der Waals surface area contributed by atoms with Gasteiger partial charge < -0.3 is 19.5 Å². The Morgan fingerprint density at radius 3 is 2.73 bits per heavy atom. The van der Waals surface area contributed by atoms with Crippen molar-refractivity contribution in [1.82, 2.24) is 14.8 Å². The van der Waals surface area contributed by atoms with Crippen molar-refractivity contribution >= 4 is 17.5 Å². The summed E-state index contributed by atoms with van der Waals surface area (Å²) >= 11 is 6.42. The van der Waals surface area contributed by atoms with Gasteiger partial charge in [-0.05, 0) is 79.5 Å². The number of ether oxygens (including phenoxy) is 1. The van der Waals surface area contributed by atoms with Crippen LogP contribution in [0.25, 0.3) is 0 Å². The van der Waals surface area contributed by atoms with Gasteiger partial charge in [0.1, 0.15) is 0 Å². The zero-order valence-electron chi connectivity index (χ0n) is 19.6. The highest BCUT2D eigenvalue weighted by atomic mass is 35.5. The molecule has 1 aromatic carbocycles. The smallest absolute Gasteiger partial charge is 0.250 e. The van der Waals surface area contributed by atoms with Gasteiger partial charge in [0, 0.05) is 57.2 Å². The number of amides is 1. The molecule has 1 aliphatic carbocycles. The second kappa shape index (κ2) is 10.9. The van der Waals surface area contributed by atoms with Crippen LogP contribution < -0.4 is 10.9 Å². The fourth-order valence-corrected chi connectivity index (χ4v) is 5.15. The third kappa shape index (κ3) is 6.05. The number of nitrogens with one attached hydrogen (secondary N) is 1. The number of rotatable bonds is 9. The van der Waals surface area contributed by atoms with Crippen molar-refractivity contribution < 1.29 is 9.53 Å². The first kappa shape index (κ1) is 24.0.